The third kappa shape index (κ3) is 6.05. The van der Waals surface area contributed by atoms with Crippen LogP contribution in [-0.2, 0) is 13.9 Å². The van der Waals surface area contributed by atoms with Gasteiger partial charge >= 0.3 is 19.4 Å². The molecule has 1 aromatic carbocycles. The van der Waals surface area contributed by atoms with E-state index in [4.69, 9.17) is 19.9 Å². The molecule has 1 aliphatic heterocycles. The molecule has 0 aliphatic carbocycles. The van der Waals surface area contributed by atoms with E-state index in [2.05, 4.69) is 15.1 Å². The van der Waals surface area contributed by atoms with Crippen molar-refractivity contribution in [2.24, 2.45) is 0 Å². The Morgan fingerprint density at radius 3 is 2.81 bits per heavy atom. The van der Waals surface area contributed by atoms with Crippen molar-refractivity contribution in [3.8, 4) is 5.75 Å². The summed E-state index contributed by atoms with van der Waals surface area (Å²) >= 11 is 1.21. The van der Waals surface area contributed by atoms with Crippen LogP contribution in [0.2, 0.25) is 0 Å². The van der Waals surface area contributed by atoms with E-state index in [1.807, 2.05) is 0 Å². The van der Waals surface area contributed by atoms with E-state index in [1.54, 1.807) is 30.3 Å². The summed E-state index contributed by atoms with van der Waals surface area (Å²) < 4.78 is 25.4. The predicted molar refractivity (Wildman–Crippen MR) is 113 cm³/mol. The maximum Gasteiger partial charge on any atom is 0.459 e. The summed E-state index contributed by atoms with van der Waals surface area (Å²) in [6.07, 6.45) is 0.563. The van der Waals surface area contributed by atoms with E-state index in [0.717, 1.165) is 0 Å². The fraction of sp³-hybridized carbons (Fsp3) is 0.412. The van der Waals surface area contributed by atoms with Crippen molar-refractivity contribution in [1.82, 2.24) is 19.6 Å². The van der Waals surface area contributed by atoms with E-state index < -0.39 is 42.2 Å². The summed E-state index contributed by atoms with van der Waals surface area (Å²) in [6.45, 7) is 1.08. The normalized spacial score (nSPS) is 23.7. The van der Waals surface area contributed by atoms with Crippen molar-refractivity contribution in [3.63, 3.8) is 0 Å². The van der Waals surface area contributed by atoms with Gasteiger partial charge in [-0.05, 0) is 19.1 Å². The lowest BCUT2D eigenvalue weighted by atomic mass is 10.2. The van der Waals surface area contributed by atoms with Crippen LogP contribution in [0.15, 0.2) is 41.5 Å². The van der Waals surface area contributed by atoms with Crippen LogP contribution < -0.4 is 21.0 Å². The molecule has 5 N–H and O–H groups in total. The molecule has 0 spiro atoms. The van der Waals surface area contributed by atoms with Crippen LogP contribution in [0.25, 0.3) is 0 Å². The molecule has 1 fully saturated rings. The quantitative estimate of drug-likeness (QED) is 0.379. The molecule has 14 heteroatoms. The maximum atomic E-state index is 13.2. The SMILES string of the molecule is CC(N[P@](=O)(OC[C@H]1S[C@@H](n2cnc(N)nc2=O)C[C@@H]1O)Oc1ccccc1)C(=O)O. The number of hydrogen-bond acceptors (Lipinski definition) is 10. The number of nitrogen functional groups attached to an aromatic ring is 1. The molecular formula is C17H22N5O7PS. The number of para-hydroxylation sites is 1. The number of aromatic nitrogens is 3. The zero-order valence-corrected chi connectivity index (χ0v) is 18.1. The summed E-state index contributed by atoms with van der Waals surface area (Å²) in [7, 11) is -4.10. The monoisotopic (exact) mass is 471 g/mol. The number of nitrogens with two attached hydrogens (primary N) is 1. The first-order chi connectivity index (χ1) is 14.7. The number of carbonyl (C=O) groups is 1. The third-order valence-electron chi connectivity index (χ3n) is 4.36. The van der Waals surface area contributed by atoms with Crippen molar-refractivity contribution < 1.29 is 28.6 Å². The number of aliphatic hydroxyl groups is 1. The van der Waals surface area contributed by atoms with Crippen molar-refractivity contribution in [2.45, 2.75) is 36.1 Å². The Morgan fingerprint density at radius 2 is 2.16 bits per heavy atom. The molecule has 0 radical (unpaired) electrons. The van der Waals surface area contributed by atoms with E-state index in [0.29, 0.717) is 0 Å². The van der Waals surface area contributed by atoms with Gasteiger partial charge in [-0.2, -0.15) is 10.1 Å². The second kappa shape index (κ2) is 9.79. The molecular weight excluding hydrogens is 449 g/mol. The average Bonchev–Trinajstić information content (AvgIpc) is 3.07. The summed E-state index contributed by atoms with van der Waals surface area (Å²) in [6, 6.07) is 6.94. The molecule has 5 atom stereocenters. The number of carboxylic acid groups (broad SMARTS) is 1. The van der Waals surface area contributed by atoms with Gasteiger partial charge in [0.15, 0.2) is 0 Å². The lowest BCUT2D eigenvalue weighted by Gasteiger charge is -2.23. The fourth-order valence-corrected chi connectivity index (χ4v) is 5.81. The highest BCUT2D eigenvalue weighted by molar-refractivity contribution is 8.00. The van der Waals surface area contributed by atoms with Gasteiger partial charge in [-0.15, -0.1) is 11.8 Å². The van der Waals surface area contributed by atoms with E-state index >= 15 is 0 Å². The fourth-order valence-electron chi connectivity index (χ4n) is 2.76. The molecule has 1 aliphatic rings. The number of aliphatic hydroxyl groups excluding tert-OH is 1. The molecule has 2 aromatic rings. The Labute approximate surface area is 181 Å². The van der Waals surface area contributed by atoms with E-state index in [-0.39, 0.29) is 24.7 Å². The number of rotatable bonds is 9. The van der Waals surface area contributed by atoms with Gasteiger partial charge in [-0.25, -0.2) is 14.3 Å². The Kier molecular flexibility index (Phi) is 7.34. The first-order valence-electron chi connectivity index (χ1n) is 9.21. The Hall–Kier alpha value is -2.44. The summed E-state index contributed by atoms with van der Waals surface area (Å²) in [5.41, 5.74) is 4.79. The zero-order valence-electron chi connectivity index (χ0n) is 16.4. The van der Waals surface area contributed by atoms with Crippen LogP contribution in [0.3, 0.4) is 0 Å². The molecule has 31 heavy (non-hydrogen) atoms. The standard InChI is InChI=1S/C17H22N5O7PS/c1-10(15(24)25)21-30(27,29-11-5-3-2-4-6-11)28-8-13-12(23)7-14(31-13)22-9-19-16(18)20-17(22)26/h2-6,9-10,12-14,23H,7-8H2,1H3,(H,21,27)(H,24,25)(H2,18,20,26)/t10?,12-,13+,14+,30-/m0/s1. The molecule has 2 heterocycles. The zero-order chi connectivity index (χ0) is 22.6. The third-order valence-corrected chi connectivity index (χ3v) is 7.54. The second-order valence-corrected chi connectivity index (χ2v) is 9.84. The Bertz CT molecular complexity index is 1020. The largest absolute Gasteiger partial charge is 0.480 e. The highest BCUT2D eigenvalue weighted by Gasteiger charge is 2.39. The molecule has 1 saturated heterocycles. The van der Waals surface area contributed by atoms with Gasteiger partial charge in [0.25, 0.3) is 0 Å². The number of anilines is 1. The minimum absolute atomic E-state index is 0.151. The van der Waals surface area contributed by atoms with Crippen molar-refractivity contribution in [1.29, 1.82) is 0 Å². The van der Waals surface area contributed by atoms with E-state index in [1.165, 1.54) is 29.6 Å². The van der Waals surface area contributed by atoms with Crippen LogP contribution >= 0.6 is 19.5 Å². The summed E-state index contributed by atoms with van der Waals surface area (Å²) in [5, 5.41) is 20.9. The molecule has 3 rings (SSSR count). The van der Waals surface area contributed by atoms with E-state index in [9.17, 15) is 19.3 Å². The number of carboxylic acids is 1. The average molecular weight is 471 g/mol. The smallest absolute Gasteiger partial charge is 0.459 e. The first kappa shape index (κ1) is 23.2. The van der Waals surface area contributed by atoms with Gasteiger partial charge in [0.1, 0.15) is 18.1 Å². The van der Waals surface area contributed by atoms with Crippen LogP contribution in [0.1, 0.15) is 18.7 Å². The minimum Gasteiger partial charge on any atom is -0.480 e. The lowest BCUT2D eigenvalue weighted by Crippen LogP contribution is -2.34. The van der Waals surface area contributed by atoms with Gasteiger partial charge in [0, 0.05) is 6.42 Å². The summed E-state index contributed by atoms with van der Waals surface area (Å²) in [5.74, 6) is -1.17. The molecule has 0 amide bonds. The maximum absolute atomic E-state index is 13.2. The first-order valence-corrected chi connectivity index (χ1v) is 11.7. The van der Waals surface area contributed by atoms with Crippen LogP contribution in [0.5, 0.6) is 5.75 Å². The van der Waals surface area contributed by atoms with Crippen molar-refractivity contribution >= 4 is 31.4 Å². The Morgan fingerprint density at radius 1 is 1.45 bits per heavy atom. The van der Waals surface area contributed by atoms with Gasteiger partial charge in [-0.3, -0.25) is 13.9 Å². The molecule has 1 unspecified atom stereocenters. The molecule has 0 bridgehead atoms. The number of benzene rings is 1. The van der Waals surface area contributed by atoms with Gasteiger partial charge < -0.3 is 20.5 Å². The van der Waals surface area contributed by atoms with Crippen molar-refractivity contribution in [2.75, 3.05) is 12.3 Å². The van der Waals surface area contributed by atoms with Gasteiger partial charge in [0.2, 0.25) is 5.95 Å². The highest BCUT2D eigenvalue weighted by Crippen LogP contribution is 2.48. The lowest BCUT2D eigenvalue weighted by molar-refractivity contribution is -0.138. The van der Waals surface area contributed by atoms with Crippen LogP contribution in [-0.4, -0.2) is 54.7 Å². The Balaban J connectivity index is 1.70. The van der Waals surface area contributed by atoms with Crippen LogP contribution in [0, 0.1) is 0 Å². The van der Waals surface area contributed by atoms with Gasteiger partial charge in [0.05, 0.1) is 23.3 Å². The van der Waals surface area contributed by atoms with Crippen LogP contribution in [0.4, 0.5) is 5.95 Å². The topological polar surface area (TPSA) is 179 Å². The van der Waals surface area contributed by atoms with Crippen molar-refractivity contribution in [3.05, 3.63) is 47.1 Å². The van der Waals surface area contributed by atoms with Gasteiger partial charge in [-0.1, -0.05) is 18.2 Å². The number of nitrogens with one attached hydrogen (secondary N) is 1. The number of nitrogens with zero attached hydrogens (tertiary/aromatic N) is 3. The number of thioether (sulfide) groups is 1. The highest BCUT2D eigenvalue weighted by atomic mass is 32.2. The number of hydrogen-bond donors (Lipinski definition) is 4. The molecule has 1 aromatic heterocycles. The molecule has 0 saturated carbocycles. The molecule has 12 nitrogen and oxygen atoms in total. The second-order valence-electron chi connectivity index (χ2n) is 6.72. The molecule has 168 valence electrons. The predicted octanol–water partition coefficient (Wildman–Crippen LogP) is 0.852. The summed E-state index contributed by atoms with van der Waals surface area (Å²) in [4.78, 5) is 30.6. The minimum atomic E-state index is -4.10. The number of aliphatic carboxylic acids is 1.